The number of aliphatic imine (C=N–C) groups is 1. The topological polar surface area (TPSA) is 135 Å². The second-order valence-electron chi connectivity index (χ2n) is 8.78. The van der Waals surface area contributed by atoms with Crippen molar-refractivity contribution in [2.24, 2.45) is 4.99 Å². The molecule has 0 amide bonds. The van der Waals surface area contributed by atoms with Gasteiger partial charge < -0.3 is 27.6 Å². The van der Waals surface area contributed by atoms with Crippen LogP contribution >= 0.6 is 22.7 Å². The van der Waals surface area contributed by atoms with Crippen LogP contribution in [0.1, 0.15) is 70.2 Å². The van der Waals surface area contributed by atoms with Gasteiger partial charge in [-0.05, 0) is 55.4 Å². The summed E-state index contributed by atoms with van der Waals surface area (Å²) in [5.41, 5.74) is 2.69. The fourth-order valence-corrected chi connectivity index (χ4v) is 2.56. The molecule has 9 nitrogen and oxygen atoms in total. The van der Waals surface area contributed by atoms with Crippen molar-refractivity contribution in [3.63, 3.8) is 0 Å². The maximum Gasteiger partial charge on any atom is 0.364 e. The second-order valence-corrected chi connectivity index (χ2v) is 10.6. The lowest BCUT2D eigenvalue weighted by atomic mass is 10.2. The Balaban J connectivity index is 0. The Morgan fingerprint density at radius 1 is 0.941 bits per heavy atom. The Labute approximate surface area is 215 Å². The van der Waals surface area contributed by atoms with Gasteiger partial charge in [-0.15, -0.1) is 22.7 Å². The molecule has 0 spiro atoms. The van der Waals surface area contributed by atoms with Gasteiger partial charge in [0.15, 0.2) is 17.3 Å². The number of carbonyl (C=O) groups is 3. The number of ether oxygens (including phenoxy) is 2. The molecule has 2 aromatic heterocycles. The zero-order chi connectivity index (χ0) is 25.7. The average molecular weight is 535 g/mol. The number of rotatable bonds is 5. The Morgan fingerprint density at radius 3 is 1.68 bits per heavy atom. The summed E-state index contributed by atoms with van der Waals surface area (Å²) in [6.45, 7) is 14.5. The highest BCUT2D eigenvalue weighted by Crippen LogP contribution is 2.10. The van der Waals surface area contributed by atoms with Gasteiger partial charge in [-0.2, -0.15) is 0 Å². The van der Waals surface area contributed by atoms with E-state index in [0.717, 1.165) is 11.3 Å². The lowest BCUT2D eigenvalue weighted by molar-refractivity contribution is -0.404. The number of hydrogen-bond donors (Lipinski definition) is 1. The van der Waals surface area contributed by atoms with Gasteiger partial charge in [0.25, 0.3) is 0 Å². The largest absolute Gasteiger partial charge is 1.00 e. The molecule has 0 unspecified atom stereocenters. The van der Waals surface area contributed by atoms with Crippen LogP contribution in [0, 0.1) is 0 Å². The van der Waals surface area contributed by atoms with Crippen molar-refractivity contribution in [2.45, 2.75) is 78.7 Å². The summed E-state index contributed by atoms with van der Waals surface area (Å²) >= 11 is 2.82. The molecule has 0 aliphatic rings. The molecular weight excluding hydrogens is 500 g/mol. The summed E-state index contributed by atoms with van der Waals surface area (Å²) in [5.74, 6) is -0.562. The van der Waals surface area contributed by atoms with E-state index >= 15 is 0 Å². The minimum absolute atomic E-state index is 0. The molecular formula is C22H35ClN4O5S2. The predicted molar refractivity (Wildman–Crippen MR) is 131 cm³/mol. The quantitative estimate of drug-likeness (QED) is 0.329. The molecule has 0 aliphatic heterocycles. The molecule has 0 fully saturated rings. The molecule has 0 radical (unpaired) electrons. The smallest absolute Gasteiger partial charge is 0.364 e. The highest BCUT2D eigenvalue weighted by atomic mass is 35.5. The van der Waals surface area contributed by atoms with Crippen LogP contribution < -0.4 is 18.1 Å². The third-order valence-corrected chi connectivity index (χ3v) is 4.38. The van der Waals surface area contributed by atoms with Crippen LogP contribution in [0.4, 0.5) is 0 Å². The van der Waals surface area contributed by atoms with Crippen molar-refractivity contribution in [3.8, 4) is 0 Å². The van der Waals surface area contributed by atoms with Crippen molar-refractivity contribution in [3.05, 3.63) is 33.2 Å². The van der Waals surface area contributed by atoms with Crippen LogP contribution in [-0.4, -0.2) is 57.7 Å². The van der Waals surface area contributed by atoms with E-state index in [4.69, 9.17) is 9.47 Å². The first kappa shape index (κ1) is 34.0. The van der Waals surface area contributed by atoms with Gasteiger partial charge in [-0.1, -0.05) is 0 Å². The van der Waals surface area contributed by atoms with Crippen molar-refractivity contribution in [1.29, 1.82) is 0 Å². The molecule has 2 heterocycles. The van der Waals surface area contributed by atoms with Gasteiger partial charge in [-0.25, -0.2) is 19.6 Å². The predicted octanol–water partition coefficient (Wildman–Crippen LogP) is 0.210. The first-order valence-corrected chi connectivity index (χ1v) is 12.0. The normalized spacial score (nSPS) is 12.6. The lowest BCUT2D eigenvalue weighted by Gasteiger charge is -2.20. The third kappa shape index (κ3) is 18.2. The van der Waals surface area contributed by atoms with Crippen molar-refractivity contribution in [2.75, 3.05) is 0 Å². The number of nitrogens with zero attached hydrogens (tertiary/aromatic N) is 3. The molecule has 192 valence electrons. The third-order valence-electron chi connectivity index (χ3n) is 2.97. The van der Waals surface area contributed by atoms with E-state index in [1.54, 1.807) is 37.8 Å². The second kappa shape index (κ2) is 16.4. The Hall–Kier alpha value is -2.21. The van der Waals surface area contributed by atoms with Crippen LogP contribution in [0.25, 0.3) is 0 Å². The van der Waals surface area contributed by atoms with E-state index in [1.165, 1.54) is 22.7 Å². The number of aldehydes is 1. The Morgan fingerprint density at radius 2 is 1.38 bits per heavy atom. The molecule has 0 saturated heterocycles. The summed E-state index contributed by atoms with van der Waals surface area (Å²) in [6, 6.07) is -0.776. The minimum Gasteiger partial charge on any atom is -1.00 e. The molecule has 34 heavy (non-hydrogen) atoms. The zero-order valence-corrected chi connectivity index (χ0v) is 23.3. The van der Waals surface area contributed by atoms with E-state index in [1.807, 2.05) is 46.9 Å². The number of esters is 2. The number of quaternary nitrogens is 1. The summed E-state index contributed by atoms with van der Waals surface area (Å²) in [4.78, 5) is 44.1. The first-order chi connectivity index (χ1) is 15.1. The van der Waals surface area contributed by atoms with Crippen molar-refractivity contribution >= 4 is 47.1 Å². The number of carbonyl (C=O) groups excluding carboxylic acids is 3. The Kier molecular flexibility index (Phi) is 16.4. The van der Waals surface area contributed by atoms with E-state index in [-0.39, 0.29) is 36.0 Å². The van der Waals surface area contributed by atoms with Gasteiger partial charge in [0.2, 0.25) is 0 Å². The van der Waals surface area contributed by atoms with Gasteiger partial charge >= 0.3 is 11.9 Å². The molecule has 2 rings (SSSR count). The number of thiazole rings is 2. The standard InChI is InChI=1S/C11H16N2O2S.C7H15NO2.C4H3NOS.ClH/c1-8(10(14)15-11(2,3)4)13-7-9-12-5-6-16-9;1-5(8)6(9)10-7(2,3)4;6-3-4-5-1-2-7-4;/h5-8H,1-4H3;5H,8H2,1-4H3;1-3H;1H/t8-;5-;;/m00../s1. The summed E-state index contributed by atoms with van der Waals surface area (Å²) in [6.07, 6.45) is 5.64. The van der Waals surface area contributed by atoms with E-state index in [0.29, 0.717) is 5.01 Å². The summed E-state index contributed by atoms with van der Waals surface area (Å²) in [5, 5.41) is 4.96. The lowest BCUT2D eigenvalue weighted by Crippen LogP contribution is -3.00. The molecule has 2 atom stereocenters. The van der Waals surface area contributed by atoms with E-state index in [9.17, 15) is 14.4 Å². The molecule has 0 aromatic carbocycles. The van der Waals surface area contributed by atoms with Gasteiger partial charge in [0.05, 0.1) is 6.21 Å². The average Bonchev–Trinajstić information content (AvgIpc) is 3.38. The summed E-state index contributed by atoms with van der Waals surface area (Å²) < 4.78 is 10.2. The van der Waals surface area contributed by atoms with Crippen LogP contribution in [-0.2, 0) is 19.1 Å². The molecule has 0 aliphatic carbocycles. The van der Waals surface area contributed by atoms with Gasteiger partial charge in [0, 0.05) is 23.2 Å². The maximum atomic E-state index is 11.6. The molecule has 3 N–H and O–H groups in total. The van der Waals surface area contributed by atoms with E-state index < -0.39 is 11.6 Å². The van der Waals surface area contributed by atoms with Crippen LogP contribution in [0.3, 0.4) is 0 Å². The monoisotopic (exact) mass is 534 g/mol. The van der Waals surface area contributed by atoms with Gasteiger partial charge in [-0.3, -0.25) is 9.79 Å². The fraction of sp³-hybridized carbons (Fsp3) is 0.545. The molecule has 12 heteroatoms. The highest BCUT2D eigenvalue weighted by molar-refractivity contribution is 7.11. The minimum atomic E-state index is -0.497. The Bertz CT molecular complexity index is 859. The van der Waals surface area contributed by atoms with Crippen molar-refractivity contribution in [1.82, 2.24) is 9.97 Å². The molecule has 0 bridgehead atoms. The van der Waals surface area contributed by atoms with Crippen LogP contribution in [0.5, 0.6) is 0 Å². The molecule has 2 aromatic rings. The van der Waals surface area contributed by atoms with Crippen LogP contribution in [0.2, 0.25) is 0 Å². The first-order valence-electron chi connectivity index (χ1n) is 10.2. The maximum absolute atomic E-state index is 11.6. The van der Waals surface area contributed by atoms with Crippen LogP contribution in [0.15, 0.2) is 28.1 Å². The molecule has 0 saturated carbocycles. The SMILES string of the molecule is C[C@H](N=Cc1nccs1)C(=O)OC(C)(C)C.C[C@H]([NH3+])C(=O)OC(C)(C)C.O=Cc1nccs1.[Cl-]. The summed E-state index contributed by atoms with van der Waals surface area (Å²) in [7, 11) is 0. The zero-order valence-electron chi connectivity index (χ0n) is 20.9. The number of halogens is 1. The number of aromatic nitrogens is 2. The number of hydrogen-bond acceptors (Lipinski definition) is 10. The van der Waals surface area contributed by atoms with Gasteiger partial charge in [0.1, 0.15) is 22.3 Å². The highest BCUT2D eigenvalue weighted by Gasteiger charge is 2.21. The van der Waals surface area contributed by atoms with E-state index in [2.05, 4.69) is 20.7 Å². The fourth-order valence-electron chi connectivity index (χ4n) is 1.62. The van der Waals surface area contributed by atoms with Crippen molar-refractivity contribution < 1.29 is 42.0 Å².